The molecule has 11 heteroatoms. The molecule has 0 saturated heterocycles. The second-order valence-corrected chi connectivity index (χ2v) is 7.97. The standard InChI is InChI=1S/C21H19ClF2N4O3S/c1-2-28(27-21(30)31)20(29)25-6-5-17-15(23)8-12(11-26-17)14-9-13(22)10-16(24)19(14)18-4-3-7-32-18/h3-4,7-11,27H,2,5-6H2,1H3,(H,25,29)(H,30,31). The number of carbonyl (C=O) groups excluding carboxylic acids is 1. The van der Waals surface area contributed by atoms with E-state index in [1.54, 1.807) is 25.1 Å². The minimum atomic E-state index is -1.37. The summed E-state index contributed by atoms with van der Waals surface area (Å²) in [6.07, 6.45) is 0.126. The topological polar surface area (TPSA) is 94.6 Å². The summed E-state index contributed by atoms with van der Waals surface area (Å²) in [5.74, 6) is -1.14. The molecule has 0 unspecified atom stereocenters. The van der Waals surface area contributed by atoms with Gasteiger partial charge >= 0.3 is 12.1 Å². The molecule has 3 rings (SSSR count). The molecule has 3 N–H and O–H groups in total. The van der Waals surface area contributed by atoms with Gasteiger partial charge in [0.25, 0.3) is 0 Å². The zero-order valence-corrected chi connectivity index (χ0v) is 18.4. The number of carbonyl (C=O) groups is 2. The largest absolute Gasteiger partial charge is 0.464 e. The third kappa shape index (κ3) is 5.51. The number of carboxylic acid groups (broad SMARTS) is 1. The van der Waals surface area contributed by atoms with Crippen LogP contribution in [0.25, 0.3) is 21.6 Å². The van der Waals surface area contributed by atoms with Crippen LogP contribution in [0.3, 0.4) is 0 Å². The molecule has 0 bridgehead atoms. The summed E-state index contributed by atoms with van der Waals surface area (Å²) in [5.41, 5.74) is 3.15. The number of nitrogens with one attached hydrogen (secondary N) is 2. The second-order valence-electron chi connectivity index (χ2n) is 6.58. The van der Waals surface area contributed by atoms with Gasteiger partial charge < -0.3 is 10.4 Å². The maximum absolute atomic E-state index is 14.7. The molecule has 0 saturated carbocycles. The van der Waals surface area contributed by atoms with E-state index >= 15 is 0 Å². The highest BCUT2D eigenvalue weighted by Gasteiger charge is 2.18. The molecule has 7 nitrogen and oxygen atoms in total. The molecule has 0 fully saturated rings. The number of pyridine rings is 1. The van der Waals surface area contributed by atoms with Crippen LogP contribution in [0.4, 0.5) is 18.4 Å². The lowest BCUT2D eigenvalue weighted by Crippen LogP contribution is -2.50. The zero-order chi connectivity index (χ0) is 23.3. The van der Waals surface area contributed by atoms with Gasteiger partial charge in [-0.2, -0.15) is 0 Å². The van der Waals surface area contributed by atoms with Crippen molar-refractivity contribution in [1.29, 1.82) is 0 Å². The molecule has 0 aliphatic rings. The van der Waals surface area contributed by atoms with E-state index in [-0.39, 0.29) is 30.2 Å². The molecule has 1 aromatic carbocycles. The van der Waals surface area contributed by atoms with Crippen LogP contribution in [0.2, 0.25) is 5.02 Å². The Labute approximate surface area is 191 Å². The van der Waals surface area contributed by atoms with Crippen molar-refractivity contribution >= 4 is 35.1 Å². The number of urea groups is 1. The van der Waals surface area contributed by atoms with Gasteiger partial charge in [-0.1, -0.05) is 17.7 Å². The van der Waals surface area contributed by atoms with Crippen molar-refractivity contribution in [3.8, 4) is 21.6 Å². The number of rotatable bonds is 6. The van der Waals surface area contributed by atoms with Crippen LogP contribution in [-0.4, -0.2) is 40.3 Å². The Bertz CT molecular complexity index is 1130. The Morgan fingerprint density at radius 1 is 1.25 bits per heavy atom. The van der Waals surface area contributed by atoms with E-state index in [4.69, 9.17) is 16.7 Å². The predicted octanol–water partition coefficient (Wildman–Crippen LogP) is 5.17. The molecule has 3 aromatic rings. The van der Waals surface area contributed by atoms with Crippen LogP contribution in [0.15, 0.2) is 41.9 Å². The molecule has 0 atom stereocenters. The van der Waals surface area contributed by atoms with Gasteiger partial charge in [-0.3, -0.25) is 4.98 Å². The van der Waals surface area contributed by atoms with Crippen LogP contribution in [0.5, 0.6) is 0 Å². The van der Waals surface area contributed by atoms with Crippen LogP contribution < -0.4 is 10.7 Å². The lowest BCUT2D eigenvalue weighted by Gasteiger charge is -2.20. The average Bonchev–Trinajstić information content (AvgIpc) is 3.26. The third-order valence-electron chi connectivity index (χ3n) is 4.48. The quantitative estimate of drug-likeness (QED) is 0.424. The Morgan fingerprint density at radius 2 is 2.03 bits per heavy atom. The Morgan fingerprint density at radius 3 is 2.66 bits per heavy atom. The number of benzene rings is 1. The number of halogens is 3. The molecular formula is C21H19ClF2N4O3S. The van der Waals surface area contributed by atoms with Crippen molar-refractivity contribution in [2.75, 3.05) is 13.1 Å². The fraction of sp³-hybridized carbons (Fsp3) is 0.190. The molecule has 3 amide bonds. The SMILES string of the molecule is CCN(NC(=O)O)C(=O)NCCc1ncc(-c2cc(Cl)cc(F)c2-c2cccs2)cc1F. The van der Waals surface area contributed by atoms with Crippen molar-refractivity contribution in [3.05, 3.63) is 64.3 Å². The normalized spacial score (nSPS) is 10.6. The zero-order valence-electron chi connectivity index (χ0n) is 16.9. The number of nitrogens with zero attached hydrogens (tertiary/aromatic N) is 2. The number of thiophene rings is 1. The van der Waals surface area contributed by atoms with Gasteiger partial charge in [0.1, 0.15) is 11.6 Å². The van der Waals surface area contributed by atoms with E-state index in [0.717, 1.165) is 5.01 Å². The maximum atomic E-state index is 14.7. The van der Waals surface area contributed by atoms with Crippen molar-refractivity contribution in [2.24, 2.45) is 0 Å². The van der Waals surface area contributed by atoms with Gasteiger partial charge in [0, 0.05) is 46.7 Å². The monoisotopic (exact) mass is 480 g/mol. The fourth-order valence-corrected chi connectivity index (χ4v) is 4.03. The number of hydrogen-bond donors (Lipinski definition) is 3. The summed E-state index contributed by atoms with van der Waals surface area (Å²) in [4.78, 5) is 27.5. The first-order valence-electron chi connectivity index (χ1n) is 9.52. The highest BCUT2D eigenvalue weighted by Crippen LogP contribution is 2.38. The maximum Gasteiger partial charge on any atom is 0.423 e. The average molecular weight is 481 g/mol. The lowest BCUT2D eigenvalue weighted by atomic mass is 9.99. The summed E-state index contributed by atoms with van der Waals surface area (Å²) >= 11 is 7.39. The summed E-state index contributed by atoms with van der Waals surface area (Å²) in [5, 5.41) is 14.1. The van der Waals surface area contributed by atoms with Crippen molar-refractivity contribution in [2.45, 2.75) is 13.3 Å². The van der Waals surface area contributed by atoms with E-state index in [1.807, 2.05) is 10.8 Å². The molecule has 2 heterocycles. The minimum absolute atomic E-state index is 0.0339. The molecule has 0 spiro atoms. The molecular weight excluding hydrogens is 462 g/mol. The number of hydrazine groups is 1. The fourth-order valence-electron chi connectivity index (χ4n) is 3.04. The van der Waals surface area contributed by atoms with Gasteiger partial charge in [-0.25, -0.2) is 28.8 Å². The van der Waals surface area contributed by atoms with E-state index in [1.165, 1.54) is 29.7 Å². The summed E-state index contributed by atoms with van der Waals surface area (Å²) in [6, 6.07) is 6.91. The van der Waals surface area contributed by atoms with E-state index in [2.05, 4.69) is 10.3 Å². The summed E-state index contributed by atoms with van der Waals surface area (Å²) < 4.78 is 29.4. The first kappa shape index (κ1) is 23.4. The first-order chi connectivity index (χ1) is 15.3. The van der Waals surface area contributed by atoms with Gasteiger partial charge in [0.05, 0.1) is 5.69 Å². The second kappa shape index (κ2) is 10.4. The molecule has 32 heavy (non-hydrogen) atoms. The molecule has 0 radical (unpaired) electrons. The molecule has 2 aromatic heterocycles. The van der Waals surface area contributed by atoms with Crippen molar-refractivity contribution < 1.29 is 23.5 Å². The Kier molecular flexibility index (Phi) is 7.60. The van der Waals surface area contributed by atoms with Gasteiger partial charge in [0.2, 0.25) is 0 Å². The smallest absolute Gasteiger partial charge is 0.423 e. The van der Waals surface area contributed by atoms with Crippen molar-refractivity contribution in [3.63, 3.8) is 0 Å². The minimum Gasteiger partial charge on any atom is -0.464 e. The summed E-state index contributed by atoms with van der Waals surface area (Å²) in [7, 11) is 0. The van der Waals surface area contributed by atoms with Crippen LogP contribution >= 0.6 is 22.9 Å². The highest BCUT2D eigenvalue weighted by atomic mass is 35.5. The van der Waals surface area contributed by atoms with Gasteiger partial charge in [0.15, 0.2) is 0 Å². The number of hydrogen-bond acceptors (Lipinski definition) is 4. The van der Waals surface area contributed by atoms with Gasteiger partial charge in [-0.05, 0) is 42.1 Å². The van der Waals surface area contributed by atoms with E-state index in [0.29, 0.717) is 21.6 Å². The lowest BCUT2D eigenvalue weighted by molar-refractivity contribution is 0.145. The van der Waals surface area contributed by atoms with Gasteiger partial charge in [-0.15, -0.1) is 11.3 Å². The van der Waals surface area contributed by atoms with E-state index < -0.39 is 23.8 Å². The first-order valence-corrected chi connectivity index (χ1v) is 10.8. The van der Waals surface area contributed by atoms with Crippen LogP contribution in [0.1, 0.15) is 12.6 Å². The van der Waals surface area contributed by atoms with Crippen LogP contribution in [-0.2, 0) is 6.42 Å². The van der Waals surface area contributed by atoms with Crippen molar-refractivity contribution in [1.82, 2.24) is 20.7 Å². The Hall–Kier alpha value is -3.24. The predicted molar refractivity (Wildman–Crippen MR) is 119 cm³/mol. The Balaban J connectivity index is 1.77. The molecule has 0 aliphatic carbocycles. The van der Waals surface area contributed by atoms with E-state index in [9.17, 15) is 18.4 Å². The molecule has 0 aliphatic heterocycles. The number of amides is 3. The highest BCUT2D eigenvalue weighted by molar-refractivity contribution is 7.13. The van der Waals surface area contributed by atoms with Crippen LogP contribution in [0, 0.1) is 11.6 Å². The number of aromatic nitrogens is 1. The molecule has 168 valence electrons. The third-order valence-corrected chi connectivity index (χ3v) is 5.59. The summed E-state index contributed by atoms with van der Waals surface area (Å²) in [6.45, 7) is 1.74.